The predicted molar refractivity (Wildman–Crippen MR) is 84.7 cm³/mol. The lowest BCUT2D eigenvalue weighted by atomic mass is 9.97. The Kier molecular flexibility index (Phi) is 5.10. The van der Waals surface area contributed by atoms with E-state index in [-0.39, 0.29) is 0 Å². The zero-order valence-corrected chi connectivity index (χ0v) is 13.3. The molecule has 0 aliphatic carbocycles. The van der Waals surface area contributed by atoms with Gasteiger partial charge in [-0.25, -0.2) is 0 Å². The van der Waals surface area contributed by atoms with E-state index >= 15 is 0 Å². The molecule has 1 fully saturated rings. The maximum absolute atomic E-state index is 4.43. The molecule has 4 nitrogen and oxygen atoms in total. The zero-order chi connectivity index (χ0) is 14.5. The van der Waals surface area contributed by atoms with Gasteiger partial charge in [-0.1, -0.05) is 13.8 Å². The highest BCUT2D eigenvalue weighted by atomic mass is 15.3. The minimum absolute atomic E-state index is 0.790. The molecule has 1 atom stereocenters. The predicted octanol–water partition coefficient (Wildman–Crippen LogP) is 2.47. The van der Waals surface area contributed by atoms with Crippen molar-refractivity contribution in [2.75, 3.05) is 20.1 Å². The molecule has 0 radical (unpaired) electrons. The second kappa shape index (κ2) is 6.82. The van der Waals surface area contributed by atoms with Crippen molar-refractivity contribution >= 4 is 5.96 Å². The molecule has 1 aromatic heterocycles. The van der Waals surface area contributed by atoms with Gasteiger partial charge >= 0.3 is 0 Å². The Bertz CT molecular complexity index is 447. The molecule has 0 spiro atoms. The second-order valence-electron chi connectivity index (χ2n) is 6.24. The van der Waals surface area contributed by atoms with Gasteiger partial charge < -0.3 is 14.8 Å². The fraction of sp³-hybridized carbons (Fsp3) is 0.688. The first-order chi connectivity index (χ1) is 9.60. The second-order valence-corrected chi connectivity index (χ2v) is 6.24. The number of hydrogen-bond donors (Lipinski definition) is 1. The number of aromatic nitrogens is 1. The van der Waals surface area contributed by atoms with Crippen LogP contribution in [-0.4, -0.2) is 35.6 Å². The van der Waals surface area contributed by atoms with E-state index in [1.807, 2.05) is 7.05 Å². The van der Waals surface area contributed by atoms with Crippen LogP contribution in [0.15, 0.2) is 23.3 Å². The van der Waals surface area contributed by atoms with Crippen LogP contribution in [0.4, 0.5) is 0 Å². The number of aliphatic imine (C=N–C) groups is 1. The molecule has 0 amide bonds. The fourth-order valence-corrected chi connectivity index (χ4v) is 3.07. The summed E-state index contributed by atoms with van der Waals surface area (Å²) < 4.78 is 2.14. The van der Waals surface area contributed by atoms with Crippen molar-refractivity contribution in [1.29, 1.82) is 0 Å². The summed E-state index contributed by atoms with van der Waals surface area (Å²) in [6.07, 6.45) is 4.70. The summed E-state index contributed by atoms with van der Waals surface area (Å²) in [4.78, 5) is 6.83. The third-order valence-electron chi connectivity index (χ3n) is 4.08. The lowest BCUT2D eigenvalue weighted by Crippen LogP contribution is -2.40. The van der Waals surface area contributed by atoms with E-state index in [1.54, 1.807) is 0 Å². The molecular weight excluding hydrogens is 248 g/mol. The monoisotopic (exact) mass is 276 g/mol. The van der Waals surface area contributed by atoms with Crippen LogP contribution in [0.1, 0.15) is 32.4 Å². The molecule has 1 N–H and O–H groups in total. The minimum atomic E-state index is 0.790. The zero-order valence-electron chi connectivity index (χ0n) is 13.3. The van der Waals surface area contributed by atoms with Crippen LogP contribution in [0.5, 0.6) is 0 Å². The summed E-state index contributed by atoms with van der Waals surface area (Å²) in [6, 6.07) is 4.22. The van der Waals surface area contributed by atoms with E-state index < -0.39 is 0 Å². The summed E-state index contributed by atoms with van der Waals surface area (Å²) in [5.74, 6) is 2.65. The smallest absolute Gasteiger partial charge is 0.193 e. The largest absolute Gasteiger partial charge is 0.353 e. The van der Waals surface area contributed by atoms with Crippen molar-refractivity contribution in [2.24, 2.45) is 23.9 Å². The Morgan fingerprint density at radius 2 is 2.30 bits per heavy atom. The van der Waals surface area contributed by atoms with E-state index in [9.17, 15) is 0 Å². The van der Waals surface area contributed by atoms with Crippen molar-refractivity contribution in [1.82, 2.24) is 14.8 Å². The average molecular weight is 276 g/mol. The number of guanidine groups is 1. The molecule has 1 aliphatic heterocycles. The molecule has 1 unspecified atom stereocenters. The quantitative estimate of drug-likeness (QED) is 0.677. The van der Waals surface area contributed by atoms with Gasteiger partial charge in [-0.15, -0.1) is 0 Å². The number of nitrogens with zero attached hydrogens (tertiary/aromatic N) is 3. The van der Waals surface area contributed by atoms with Gasteiger partial charge in [0.25, 0.3) is 0 Å². The van der Waals surface area contributed by atoms with E-state index in [0.29, 0.717) is 0 Å². The van der Waals surface area contributed by atoms with Gasteiger partial charge in [0, 0.05) is 39.1 Å². The number of rotatable bonds is 4. The summed E-state index contributed by atoms with van der Waals surface area (Å²) in [5.41, 5.74) is 1.28. The average Bonchev–Trinajstić information content (AvgIpc) is 3.00. The van der Waals surface area contributed by atoms with Crippen LogP contribution >= 0.6 is 0 Å². The van der Waals surface area contributed by atoms with E-state index in [0.717, 1.165) is 37.4 Å². The fourth-order valence-electron chi connectivity index (χ4n) is 3.07. The molecular formula is C16H28N4. The maximum Gasteiger partial charge on any atom is 0.193 e. The van der Waals surface area contributed by atoms with Gasteiger partial charge in [-0.05, 0) is 36.8 Å². The summed E-state index contributed by atoms with van der Waals surface area (Å²) in [6.45, 7) is 7.73. The van der Waals surface area contributed by atoms with Crippen molar-refractivity contribution < 1.29 is 0 Å². The van der Waals surface area contributed by atoms with Gasteiger partial charge in [-0.2, -0.15) is 0 Å². The summed E-state index contributed by atoms with van der Waals surface area (Å²) in [5, 5.41) is 3.48. The van der Waals surface area contributed by atoms with Crippen LogP contribution in [0.3, 0.4) is 0 Å². The van der Waals surface area contributed by atoms with Crippen molar-refractivity contribution in [3.05, 3.63) is 24.0 Å². The van der Waals surface area contributed by atoms with Crippen LogP contribution in [-0.2, 0) is 13.6 Å². The van der Waals surface area contributed by atoms with Gasteiger partial charge in [0.05, 0.1) is 6.54 Å². The Hall–Kier alpha value is -1.45. The first-order valence-electron chi connectivity index (χ1n) is 7.66. The Morgan fingerprint density at radius 1 is 1.50 bits per heavy atom. The normalized spacial score (nSPS) is 19.9. The third kappa shape index (κ3) is 3.78. The SMILES string of the molecule is CN=C(NCc1cccn1C)N1CCC(CC(C)C)C1. The topological polar surface area (TPSA) is 32.6 Å². The van der Waals surface area contributed by atoms with Crippen molar-refractivity contribution in [3.63, 3.8) is 0 Å². The number of nitrogens with one attached hydrogen (secondary N) is 1. The highest BCUT2D eigenvalue weighted by Crippen LogP contribution is 2.23. The number of likely N-dealkylation sites (tertiary alicyclic amines) is 1. The minimum Gasteiger partial charge on any atom is -0.353 e. The number of aryl methyl sites for hydroxylation is 1. The molecule has 1 aliphatic rings. The molecule has 0 bridgehead atoms. The molecule has 112 valence electrons. The highest BCUT2D eigenvalue weighted by molar-refractivity contribution is 5.80. The van der Waals surface area contributed by atoms with Crippen LogP contribution < -0.4 is 5.32 Å². The van der Waals surface area contributed by atoms with Crippen molar-refractivity contribution in [3.8, 4) is 0 Å². The molecule has 2 heterocycles. The summed E-state index contributed by atoms with van der Waals surface area (Å²) >= 11 is 0. The van der Waals surface area contributed by atoms with Crippen LogP contribution in [0.25, 0.3) is 0 Å². The molecule has 1 aromatic rings. The van der Waals surface area contributed by atoms with Gasteiger partial charge in [0.1, 0.15) is 0 Å². The lowest BCUT2D eigenvalue weighted by molar-refractivity contribution is 0.403. The van der Waals surface area contributed by atoms with Crippen molar-refractivity contribution in [2.45, 2.75) is 33.2 Å². The maximum atomic E-state index is 4.43. The standard InChI is InChI=1S/C16H28N4/c1-13(2)10-14-7-9-20(12-14)16(17-3)18-11-15-6-5-8-19(15)4/h5-6,8,13-14H,7,9-12H2,1-4H3,(H,17,18). The lowest BCUT2D eigenvalue weighted by Gasteiger charge is -2.22. The van der Waals surface area contributed by atoms with Crippen LogP contribution in [0, 0.1) is 11.8 Å². The van der Waals surface area contributed by atoms with E-state index in [4.69, 9.17) is 0 Å². The number of hydrogen-bond acceptors (Lipinski definition) is 1. The van der Waals surface area contributed by atoms with Gasteiger partial charge in [0.15, 0.2) is 5.96 Å². The van der Waals surface area contributed by atoms with Gasteiger partial charge in [-0.3, -0.25) is 4.99 Å². The Labute approximate surface area is 122 Å². The molecule has 1 saturated heterocycles. The van der Waals surface area contributed by atoms with E-state index in [2.05, 4.69) is 59.0 Å². The molecule has 4 heteroatoms. The van der Waals surface area contributed by atoms with E-state index in [1.165, 1.54) is 18.5 Å². The third-order valence-corrected chi connectivity index (χ3v) is 4.08. The summed E-state index contributed by atoms with van der Waals surface area (Å²) in [7, 11) is 3.96. The Morgan fingerprint density at radius 3 is 2.90 bits per heavy atom. The molecule has 0 aromatic carbocycles. The van der Waals surface area contributed by atoms with Crippen LogP contribution in [0.2, 0.25) is 0 Å². The first-order valence-corrected chi connectivity index (χ1v) is 7.66. The first kappa shape index (κ1) is 14.9. The molecule has 2 rings (SSSR count). The Balaban J connectivity index is 1.85. The van der Waals surface area contributed by atoms with Gasteiger partial charge in [0.2, 0.25) is 0 Å². The molecule has 20 heavy (non-hydrogen) atoms. The molecule has 0 saturated carbocycles. The highest BCUT2D eigenvalue weighted by Gasteiger charge is 2.25.